The number of halogens is 1. The van der Waals surface area contributed by atoms with Crippen LogP contribution in [-0.4, -0.2) is 31.0 Å². The monoisotopic (exact) mass is 417 g/mol. The first kappa shape index (κ1) is 20.9. The molecule has 1 fully saturated rings. The van der Waals surface area contributed by atoms with Gasteiger partial charge in [0, 0.05) is 37.7 Å². The maximum absolute atomic E-state index is 12.5. The second-order valence-corrected chi connectivity index (χ2v) is 7.58. The van der Waals surface area contributed by atoms with Gasteiger partial charge < -0.3 is 15.0 Å². The molecule has 0 atom stereocenters. The van der Waals surface area contributed by atoms with Crippen LogP contribution in [0.2, 0.25) is 5.02 Å². The maximum atomic E-state index is 12.5. The average molecular weight is 418 g/mol. The van der Waals surface area contributed by atoms with Crippen LogP contribution in [-0.2, 0) is 11.3 Å². The molecule has 8 heteroatoms. The summed E-state index contributed by atoms with van der Waals surface area (Å²) in [6, 6.07) is 10.5. The van der Waals surface area contributed by atoms with Gasteiger partial charge in [0.1, 0.15) is 5.75 Å². The third kappa shape index (κ3) is 4.98. The number of nitro groups is 1. The van der Waals surface area contributed by atoms with Crippen LogP contribution >= 0.6 is 11.6 Å². The summed E-state index contributed by atoms with van der Waals surface area (Å²) >= 11 is 6.32. The lowest BCUT2D eigenvalue weighted by molar-refractivity contribution is -0.384. The molecule has 0 radical (unpaired) electrons. The lowest BCUT2D eigenvalue weighted by atomic mass is 9.95. The number of carbonyl (C=O) groups excluding carboxylic acids is 1. The standard InChI is InChI=1S/C21H24ClN3O4/c1-14-11-17(25(27)28)12-19(22)20(14)24-9-7-16(8-10-24)21(26)23-13-15-3-5-18(29-2)6-4-15/h3-6,11-12,16H,7-10,13H2,1-2H3,(H,23,26). The third-order valence-corrected chi connectivity index (χ3v) is 5.55. The summed E-state index contributed by atoms with van der Waals surface area (Å²) in [5.41, 5.74) is 2.59. The predicted octanol–water partition coefficient (Wildman–Crippen LogP) is 4.10. The molecule has 2 aromatic carbocycles. The number of methoxy groups -OCH3 is 1. The normalized spacial score (nSPS) is 14.5. The molecule has 2 aromatic rings. The largest absolute Gasteiger partial charge is 0.497 e. The first-order valence-corrected chi connectivity index (χ1v) is 9.87. The van der Waals surface area contributed by atoms with Crippen LogP contribution in [0.4, 0.5) is 11.4 Å². The van der Waals surface area contributed by atoms with E-state index >= 15 is 0 Å². The van der Waals surface area contributed by atoms with E-state index in [0.29, 0.717) is 37.5 Å². The number of piperidine rings is 1. The number of benzene rings is 2. The SMILES string of the molecule is COc1ccc(CNC(=O)C2CCN(c3c(C)cc([N+](=O)[O-])cc3Cl)CC2)cc1. The zero-order valence-electron chi connectivity index (χ0n) is 16.5. The zero-order valence-corrected chi connectivity index (χ0v) is 17.2. The number of aryl methyl sites for hydroxylation is 1. The van der Waals surface area contributed by atoms with Crippen molar-refractivity contribution in [3.05, 3.63) is 62.7 Å². The van der Waals surface area contributed by atoms with Gasteiger partial charge in [-0.25, -0.2) is 0 Å². The Morgan fingerprint density at radius 2 is 1.93 bits per heavy atom. The van der Waals surface area contributed by atoms with Crippen LogP contribution < -0.4 is 15.0 Å². The highest BCUT2D eigenvalue weighted by Crippen LogP contribution is 2.36. The molecule has 1 saturated heterocycles. The van der Waals surface area contributed by atoms with Crippen LogP contribution in [0.5, 0.6) is 5.75 Å². The summed E-state index contributed by atoms with van der Waals surface area (Å²) in [5.74, 6) is 0.779. The molecule has 3 rings (SSSR count). The van der Waals surface area contributed by atoms with E-state index in [2.05, 4.69) is 10.2 Å². The Labute approximate surface area is 174 Å². The first-order chi connectivity index (χ1) is 13.9. The van der Waals surface area contributed by atoms with Gasteiger partial charge in [-0.3, -0.25) is 14.9 Å². The van der Waals surface area contributed by atoms with Crippen LogP contribution in [0.15, 0.2) is 36.4 Å². The minimum Gasteiger partial charge on any atom is -0.497 e. The second-order valence-electron chi connectivity index (χ2n) is 7.18. The summed E-state index contributed by atoms with van der Waals surface area (Å²) in [6.45, 7) is 3.66. The Kier molecular flexibility index (Phi) is 6.59. The van der Waals surface area contributed by atoms with Crippen molar-refractivity contribution in [1.82, 2.24) is 5.32 Å². The number of hydrogen-bond donors (Lipinski definition) is 1. The van der Waals surface area contributed by atoms with Crippen molar-refractivity contribution in [3.8, 4) is 5.75 Å². The summed E-state index contributed by atoms with van der Waals surface area (Å²) in [5, 5.41) is 14.4. The summed E-state index contributed by atoms with van der Waals surface area (Å²) < 4.78 is 5.14. The highest BCUT2D eigenvalue weighted by molar-refractivity contribution is 6.33. The molecule has 0 saturated carbocycles. The van der Waals surface area contributed by atoms with E-state index < -0.39 is 4.92 Å². The van der Waals surface area contributed by atoms with Crippen molar-refractivity contribution < 1.29 is 14.5 Å². The number of hydrogen-bond acceptors (Lipinski definition) is 5. The van der Waals surface area contributed by atoms with Gasteiger partial charge in [0.2, 0.25) is 5.91 Å². The van der Waals surface area contributed by atoms with Crippen LogP contribution in [0.25, 0.3) is 0 Å². The summed E-state index contributed by atoms with van der Waals surface area (Å²) in [7, 11) is 1.62. The number of nitrogens with zero attached hydrogens (tertiary/aromatic N) is 2. The molecule has 154 valence electrons. The Morgan fingerprint density at radius 1 is 1.28 bits per heavy atom. The number of anilines is 1. The fourth-order valence-electron chi connectivity index (χ4n) is 3.67. The Hall–Kier alpha value is -2.80. The Bertz CT molecular complexity index is 870. The number of nitrogens with one attached hydrogen (secondary N) is 1. The van der Waals surface area contributed by atoms with E-state index in [1.807, 2.05) is 31.2 Å². The van der Waals surface area contributed by atoms with Gasteiger partial charge in [-0.2, -0.15) is 0 Å². The van der Waals surface area contributed by atoms with Gasteiger partial charge in [0.05, 0.1) is 22.7 Å². The molecule has 1 amide bonds. The van der Waals surface area contributed by atoms with E-state index in [1.165, 1.54) is 12.1 Å². The number of amides is 1. The smallest absolute Gasteiger partial charge is 0.271 e. The van der Waals surface area contributed by atoms with E-state index in [9.17, 15) is 14.9 Å². The lowest BCUT2D eigenvalue weighted by Gasteiger charge is -2.34. The molecule has 0 spiro atoms. The van der Waals surface area contributed by atoms with Gasteiger partial charge in [-0.05, 0) is 43.0 Å². The van der Waals surface area contributed by atoms with E-state index in [4.69, 9.17) is 16.3 Å². The predicted molar refractivity (Wildman–Crippen MR) is 113 cm³/mol. The average Bonchev–Trinajstić information content (AvgIpc) is 2.72. The lowest BCUT2D eigenvalue weighted by Crippen LogP contribution is -2.40. The third-order valence-electron chi connectivity index (χ3n) is 5.26. The molecule has 1 heterocycles. The molecule has 0 unspecified atom stereocenters. The van der Waals surface area contributed by atoms with Crippen molar-refractivity contribution in [3.63, 3.8) is 0 Å². The van der Waals surface area contributed by atoms with Gasteiger partial charge >= 0.3 is 0 Å². The van der Waals surface area contributed by atoms with E-state index in [0.717, 1.165) is 22.6 Å². The molecule has 0 bridgehead atoms. The van der Waals surface area contributed by atoms with E-state index in [-0.39, 0.29) is 17.5 Å². The Morgan fingerprint density at radius 3 is 2.48 bits per heavy atom. The number of nitro benzene ring substituents is 1. The van der Waals surface area contributed by atoms with E-state index in [1.54, 1.807) is 7.11 Å². The van der Waals surface area contributed by atoms with Crippen molar-refractivity contribution in [2.75, 3.05) is 25.1 Å². The summed E-state index contributed by atoms with van der Waals surface area (Å²) in [6.07, 6.45) is 1.42. The zero-order chi connectivity index (χ0) is 21.0. The molecule has 0 aromatic heterocycles. The molecular weight excluding hydrogens is 394 g/mol. The summed E-state index contributed by atoms with van der Waals surface area (Å²) in [4.78, 5) is 25.2. The highest BCUT2D eigenvalue weighted by atomic mass is 35.5. The fourth-order valence-corrected chi connectivity index (χ4v) is 4.05. The van der Waals surface area contributed by atoms with Gasteiger partial charge in [0.25, 0.3) is 5.69 Å². The minimum absolute atomic E-state index is 0.0101. The first-order valence-electron chi connectivity index (χ1n) is 9.49. The van der Waals surface area contributed by atoms with Gasteiger partial charge in [0.15, 0.2) is 0 Å². The highest BCUT2D eigenvalue weighted by Gasteiger charge is 2.27. The molecule has 7 nitrogen and oxygen atoms in total. The number of rotatable bonds is 6. The molecule has 0 aliphatic carbocycles. The molecule has 1 aliphatic rings. The second kappa shape index (κ2) is 9.13. The molecule has 1 N–H and O–H groups in total. The molecular formula is C21H24ClN3O4. The van der Waals surface area contributed by atoms with Crippen molar-refractivity contribution in [2.24, 2.45) is 5.92 Å². The number of non-ortho nitro benzene ring substituents is 1. The van der Waals surface area contributed by atoms with Crippen molar-refractivity contribution in [2.45, 2.75) is 26.3 Å². The van der Waals surface area contributed by atoms with Gasteiger partial charge in [-0.15, -0.1) is 0 Å². The topological polar surface area (TPSA) is 84.7 Å². The van der Waals surface area contributed by atoms with Crippen LogP contribution in [0, 0.1) is 23.0 Å². The molecule has 1 aliphatic heterocycles. The minimum atomic E-state index is -0.442. The Balaban J connectivity index is 1.56. The van der Waals surface area contributed by atoms with Gasteiger partial charge in [-0.1, -0.05) is 23.7 Å². The van der Waals surface area contributed by atoms with Crippen molar-refractivity contribution >= 4 is 28.9 Å². The van der Waals surface area contributed by atoms with Crippen LogP contribution in [0.1, 0.15) is 24.0 Å². The number of carbonyl (C=O) groups is 1. The van der Waals surface area contributed by atoms with Crippen molar-refractivity contribution in [1.29, 1.82) is 0 Å². The molecule has 29 heavy (non-hydrogen) atoms. The maximum Gasteiger partial charge on any atom is 0.271 e. The number of ether oxygens (including phenoxy) is 1. The quantitative estimate of drug-likeness (QED) is 0.565. The fraction of sp³-hybridized carbons (Fsp3) is 0.381. The van der Waals surface area contributed by atoms with Crippen LogP contribution in [0.3, 0.4) is 0 Å².